The molecule has 0 saturated carbocycles. The van der Waals surface area contributed by atoms with Crippen molar-refractivity contribution in [3.63, 3.8) is 0 Å². The van der Waals surface area contributed by atoms with E-state index in [1.807, 2.05) is 12.1 Å². The molecule has 2 N–H and O–H groups in total. The Kier molecular flexibility index (Phi) is 4.82. The molecule has 1 aromatic carbocycles. The molecule has 1 saturated heterocycles. The average molecular weight is 321 g/mol. The van der Waals surface area contributed by atoms with E-state index in [9.17, 15) is 5.11 Å². The second-order valence-electron chi connectivity index (χ2n) is 4.14. The molecular weight excluding hydrogens is 305 g/mol. The quantitative estimate of drug-likeness (QED) is 0.899. The molecule has 2 rings (SSSR count). The average Bonchev–Trinajstić information content (AvgIpc) is 2.30. The Labute approximate surface area is 114 Å². The summed E-state index contributed by atoms with van der Waals surface area (Å²) in [6.07, 6.45) is 0.0521. The van der Waals surface area contributed by atoms with E-state index in [1.165, 1.54) is 0 Å². The second-order valence-corrected chi connectivity index (χ2v) is 5.47. The van der Waals surface area contributed by atoms with Gasteiger partial charge >= 0.3 is 0 Å². The van der Waals surface area contributed by atoms with Crippen LogP contribution in [0.4, 0.5) is 0 Å². The number of aliphatic hydroxyl groups excluding tert-OH is 1. The molecule has 0 bridgehead atoms. The van der Waals surface area contributed by atoms with Crippen LogP contribution >= 0.6 is 27.5 Å². The van der Waals surface area contributed by atoms with Crippen molar-refractivity contribution in [1.82, 2.24) is 5.32 Å². The van der Waals surface area contributed by atoms with Crippen LogP contribution in [0.15, 0.2) is 22.7 Å². The molecule has 1 aliphatic rings. The maximum Gasteiger partial charge on any atom is 0.0820 e. The molecule has 5 heteroatoms. The zero-order valence-electron chi connectivity index (χ0n) is 9.33. The molecular formula is C12H15BrClNO2. The van der Waals surface area contributed by atoms with Gasteiger partial charge < -0.3 is 15.2 Å². The first-order valence-corrected chi connectivity index (χ1v) is 6.78. The Hall–Kier alpha value is -0.130. The molecule has 2 unspecified atom stereocenters. The van der Waals surface area contributed by atoms with Crippen LogP contribution in [-0.2, 0) is 4.74 Å². The molecule has 0 spiro atoms. The van der Waals surface area contributed by atoms with Crippen molar-refractivity contribution in [3.8, 4) is 0 Å². The zero-order chi connectivity index (χ0) is 12.3. The van der Waals surface area contributed by atoms with E-state index in [0.717, 1.165) is 23.2 Å². The lowest BCUT2D eigenvalue weighted by molar-refractivity contribution is 0.0519. The minimum atomic E-state index is -0.560. The molecule has 0 aliphatic carbocycles. The second kappa shape index (κ2) is 6.16. The van der Waals surface area contributed by atoms with Gasteiger partial charge in [0.2, 0.25) is 0 Å². The first kappa shape index (κ1) is 13.3. The van der Waals surface area contributed by atoms with E-state index in [4.69, 9.17) is 16.3 Å². The van der Waals surface area contributed by atoms with Crippen molar-refractivity contribution < 1.29 is 9.84 Å². The van der Waals surface area contributed by atoms with Gasteiger partial charge in [0, 0.05) is 22.1 Å². The standard InChI is InChI=1S/C12H15BrClNO2/c13-8-1-2-10(11(14)5-8)12(16)6-9-7-17-4-3-15-9/h1-2,5,9,12,15-16H,3-4,6-7H2. The third-order valence-electron chi connectivity index (χ3n) is 2.83. The number of benzene rings is 1. The maximum absolute atomic E-state index is 10.1. The summed E-state index contributed by atoms with van der Waals surface area (Å²) in [6.45, 7) is 2.22. The fourth-order valence-electron chi connectivity index (χ4n) is 1.94. The van der Waals surface area contributed by atoms with Gasteiger partial charge in [0.15, 0.2) is 0 Å². The van der Waals surface area contributed by atoms with Gasteiger partial charge in [0.25, 0.3) is 0 Å². The van der Waals surface area contributed by atoms with Gasteiger partial charge in [0.1, 0.15) is 0 Å². The molecule has 1 aromatic rings. The Bertz CT molecular complexity index is 383. The van der Waals surface area contributed by atoms with E-state index >= 15 is 0 Å². The summed E-state index contributed by atoms with van der Waals surface area (Å²) in [6, 6.07) is 5.72. The first-order valence-electron chi connectivity index (χ1n) is 5.61. The lowest BCUT2D eigenvalue weighted by Gasteiger charge is -2.26. The Morgan fingerprint density at radius 3 is 3.06 bits per heavy atom. The number of rotatable bonds is 3. The lowest BCUT2D eigenvalue weighted by atomic mass is 10.0. The highest BCUT2D eigenvalue weighted by atomic mass is 79.9. The maximum atomic E-state index is 10.1. The van der Waals surface area contributed by atoms with Gasteiger partial charge in [-0.15, -0.1) is 0 Å². The molecule has 1 aliphatic heterocycles. The van der Waals surface area contributed by atoms with Crippen LogP contribution in [0.2, 0.25) is 5.02 Å². The van der Waals surface area contributed by atoms with Crippen LogP contribution < -0.4 is 5.32 Å². The van der Waals surface area contributed by atoms with Gasteiger partial charge in [-0.2, -0.15) is 0 Å². The zero-order valence-corrected chi connectivity index (χ0v) is 11.7. The van der Waals surface area contributed by atoms with E-state index in [0.29, 0.717) is 18.1 Å². The van der Waals surface area contributed by atoms with E-state index in [2.05, 4.69) is 21.2 Å². The number of hydrogen-bond acceptors (Lipinski definition) is 3. The topological polar surface area (TPSA) is 41.5 Å². The summed E-state index contributed by atoms with van der Waals surface area (Å²) in [5.41, 5.74) is 0.766. The first-order chi connectivity index (χ1) is 8.16. The molecule has 1 heterocycles. The summed E-state index contributed by atoms with van der Waals surface area (Å²) < 4.78 is 6.27. The number of ether oxygens (including phenoxy) is 1. The SMILES string of the molecule is OC(CC1COCCN1)c1ccc(Br)cc1Cl. The van der Waals surface area contributed by atoms with Crippen molar-refractivity contribution in [2.45, 2.75) is 18.6 Å². The fraction of sp³-hybridized carbons (Fsp3) is 0.500. The number of morpholine rings is 1. The smallest absolute Gasteiger partial charge is 0.0820 e. The lowest BCUT2D eigenvalue weighted by Crippen LogP contribution is -2.42. The van der Waals surface area contributed by atoms with Crippen LogP contribution in [0.3, 0.4) is 0 Å². The van der Waals surface area contributed by atoms with Gasteiger partial charge in [-0.1, -0.05) is 33.6 Å². The fourth-order valence-corrected chi connectivity index (χ4v) is 2.74. The number of hydrogen-bond donors (Lipinski definition) is 2. The predicted octanol–water partition coefficient (Wildman–Crippen LogP) is 2.51. The molecule has 0 amide bonds. The number of halogens is 2. The highest BCUT2D eigenvalue weighted by Gasteiger charge is 2.20. The normalized spacial score (nSPS) is 22.4. The molecule has 94 valence electrons. The van der Waals surface area contributed by atoms with Crippen LogP contribution in [0.25, 0.3) is 0 Å². The molecule has 17 heavy (non-hydrogen) atoms. The Morgan fingerprint density at radius 2 is 2.41 bits per heavy atom. The van der Waals surface area contributed by atoms with Crippen LogP contribution in [0, 0.1) is 0 Å². The van der Waals surface area contributed by atoms with E-state index in [1.54, 1.807) is 6.07 Å². The van der Waals surface area contributed by atoms with Crippen molar-refractivity contribution in [1.29, 1.82) is 0 Å². The molecule has 0 aromatic heterocycles. The third kappa shape index (κ3) is 3.66. The molecule has 2 atom stereocenters. The summed E-state index contributed by atoms with van der Waals surface area (Å²) >= 11 is 9.45. The minimum absolute atomic E-state index is 0.193. The van der Waals surface area contributed by atoms with Gasteiger partial charge in [0.05, 0.1) is 19.3 Å². The third-order valence-corrected chi connectivity index (χ3v) is 3.65. The highest BCUT2D eigenvalue weighted by molar-refractivity contribution is 9.10. The van der Waals surface area contributed by atoms with Crippen molar-refractivity contribution in [2.75, 3.05) is 19.8 Å². The molecule has 3 nitrogen and oxygen atoms in total. The van der Waals surface area contributed by atoms with E-state index < -0.39 is 6.10 Å². The van der Waals surface area contributed by atoms with Gasteiger partial charge in [-0.3, -0.25) is 0 Å². The summed E-state index contributed by atoms with van der Waals surface area (Å²) in [5.74, 6) is 0. The summed E-state index contributed by atoms with van der Waals surface area (Å²) in [4.78, 5) is 0. The van der Waals surface area contributed by atoms with Crippen molar-refractivity contribution in [3.05, 3.63) is 33.3 Å². The predicted molar refractivity (Wildman–Crippen MR) is 71.3 cm³/mol. The Balaban J connectivity index is 2.00. The van der Waals surface area contributed by atoms with Crippen LogP contribution in [0.5, 0.6) is 0 Å². The minimum Gasteiger partial charge on any atom is -0.388 e. The monoisotopic (exact) mass is 319 g/mol. The number of nitrogens with one attached hydrogen (secondary N) is 1. The largest absolute Gasteiger partial charge is 0.388 e. The van der Waals surface area contributed by atoms with Crippen molar-refractivity contribution in [2.24, 2.45) is 0 Å². The number of aliphatic hydroxyl groups is 1. The van der Waals surface area contributed by atoms with Crippen LogP contribution in [0.1, 0.15) is 18.1 Å². The van der Waals surface area contributed by atoms with Crippen molar-refractivity contribution >= 4 is 27.5 Å². The highest BCUT2D eigenvalue weighted by Crippen LogP contribution is 2.29. The summed E-state index contributed by atoms with van der Waals surface area (Å²) in [5, 5.41) is 14.0. The summed E-state index contributed by atoms with van der Waals surface area (Å²) in [7, 11) is 0. The van der Waals surface area contributed by atoms with E-state index in [-0.39, 0.29) is 6.04 Å². The molecule has 1 fully saturated rings. The van der Waals surface area contributed by atoms with Gasteiger partial charge in [-0.05, 0) is 24.1 Å². The van der Waals surface area contributed by atoms with Gasteiger partial charge in [-0.25, -0.2) is 0 Å². The van der Waals surface area contributed by atoms with Crippen LogP contribution in [-0.4, -0.2) is 30.9 Å². The molecule has 0 radical (unpaired) electrons. The Morgan fingerprint density at radius 1 is 1.59 bits per heavy atom.